The van der Waals surface area contributed by atoms with Gasteiger partial charge < -0.3 is 4.90 Å². The third-order valence-electron chi connectivity index (χ3n) is 3.06. The van der Waals surface area contributed by atoms with Crippen LogP contribution >= 0.6 is 0 Å². The molecule has 1 aliphatic heterocycles. The molecule has 2 rings (SSSR count). The van der Waals surface area contributed by atoms with Gasteiger partial charge in [-0.25, -0.2) is 0 Å². The molecule has 0 radical (unpaired) electrons. The molecule has 3 unspecified atom stereocenters. The van der Waals surface area contributed by atoms with Crippen molar-refractivity contribution in [3.63, 3.8) is 0 Å². The van der Waals surface area contributed by atoms with Crippen molar-refractivity contribution < 1.29 is 13.2 Å². The Morgan fingerprint density at radius 2 is 2.00 bits per heavy atom. The lowest BCUT2D eigenvalue weighted by Crippen LogP contribution is -2.29. The van der Waals surface area contributed by atoms with E-state index in [1.165, 1.54) is 0 Å². The van der Waals surface area contributed by atoms with E-state index in [4.69, 9.17) is 0 Å². The number of hydrogen-bond acceptors (Lipinski definition) is 1. The Bertz CT molecular complexity index is 189. The molecule has 0 N–H and O–H groups in total. The minimum Gasteiger partial charge on any atom is -0.302 e. The van der Waals surface area contributed by atoms with E-state index in [1.807, 2.05) is 4.90 Å². The van der Waals surface area contributed by atoms with Crippen molar-refractivity contribution in [1.29, 1.82) is 0 Å². The summed E-state index contributed by atoms with van der Waals surface area (Å²) in [7, 11) is 1.79. The molecule has 0 aromatic heterocycles. The van der Waals surface area contributed by atoms with Gasteiger partial charge in [0.1, 0.15) is 0 Å². The molecule has 1 saturated carbocycles. The highest BCUT2D eigenvalue weighted by atomic mass is 19.4. The fourth-order valence-electron chi connectivity index (χ4n) is 2.47. The summed E-state index contributed by atoms with van der Waals surface area (Å²) in [6, 6.07) is -0.196. The van der Waals surface area contributed by atoms with Gasteiger partial charge in [-0.2, -0.15) is 13.2 Å². The Morgan fingerprint density at radius 1 is 1.33 bits per heavy atom. The average molecular weight is 179 g/mol. The smallest absolute Gasteiger partial charge is 0.302 e. The topological polar surface area (TPSA) is 3.24 Å². The molecule has 3 atom stereocenters. The zero-order valence-electron chi connectivity index (χ0n) is 6.93. The standard InChI is InChI=1S/C8H12F3N/c1-12-4-2-3-5-6(7(5)12)8(9,10)11/h5-7H,2-4H2,1H3. The summed E-state index contributed by atoms with van der Waals surface area (Å²) < 4.78 is 36.9. The predicted molar refractivity (Wildman–Crippen MR) is 38.7 cm³/mol. The van der Waals surface area contributed by atoms with Crippen LogP contribution < -0.4 is 0 Å². The maximum Gasteiger partial charge on any atom is 0.393 e. The fourth-order valence-corrected chi connectivity index (χ4v) is 2.47. The van der Waals surface area contributed by atoms with Gasteiger partial charge >= 0.3 is 6.18 Å². The van der Waals surface area contributed by atoms with Crippen molar-refractivity contribution in [3.8, 4) is 0 Å². The highest BCUT2D eigenvalue weighted by molar-refractivity contribution is 5.08. The number of nitrogens with zero attached hydrogens (tertiary/aromatic N) is 1. The third-order valence-corrected chi connectivity index (χ3v) is 3.06. The molecule has 0 aromatic rings. The van der Waals surface area contributed by atoms with Crippen LogP contribution in [-0.2, 0) is 0 Å². The first kappa shape index (κ1) is 8.35. The van der Waals surface area contributed by atoms with Gasteiger partial charge in [0.25, 0.3) is 0 Å². The van der Waals surface area contributed by atoms with Crippen LogP contribution in [0.5, 0.6) is 0 Å². The molecule has 12 heavy (non-hydrogen) atoms. The Morgan fingerprint density at radius 3 is 2.50 bits per heavy atom. The van der Waals surface area contributed by atoms with E-state index in [9.17, 15) is 13.2 Å². The minimum absolute atomic E-state index is 0.0938. The lowest BCUT2D eigenvalue weighted by Gasteiger charge is -2.20. The van der Waals surface area contributed by atoms with Gasteiger partial charge in [-0.05, 0) is 32.4 Å². The second-order valence-corrected chi connectivity index (χ2v) is 3.84. The Labute approximate surface area is 69.5 Å². The van der Waals surface area contributed by atoms with Gasteiger partial charge in [0.05, 0.1) is 5.92 Å². The van der Waals surface area contributed by atoms with E-state index in [0.717, 1.165) is 19.4 Å². The number of fused-ring (bicyclic) bond motifs is 1. The molecule has 1 saturated heterocycles. The largest absolute Gasteiger partial charge is 0.393 e. The molecule has 4 heteroatoms. The number of likely N-dealkylation sites (tertiary alicyclic amines) is 1. The second-order valence-electron chi connectivity index (χ2n) is 3.84. The molecule has 2 fully saturated rings. The highest BCUT2D eigenvalue weighted by Gasteiger charge is 2.65. The molecule has 0 spiro atoms. The van der Waals surface area contributed by atoms with Crippen LogP contribution in [-0.4, -0.2) is 30.7 Å². The molecule has 1 heterocycles. The van der Waals surface area contributed by atoms with Crippen LogP contribution in [0.3, 0.4) is 0 Å². The Balaban J connectivity index is 2.05. The fraction of sp³-hybridized carbons (Fsp3) is 1.00. The summed E-state index contributed by atoms with van der Waals surface area (Å²) in [5.41, 5.74) is 0. The van der Waals surface area contributed by atoms with E-state index >= 15 is 0 Å². The summed E-state index contributed by atoms with van der Waals surface area (Å²) in [6.45, 7) is 0.827. The van der Waals surface area contributed by atoms with Crippen LogP contribution in [0.25, 0.3) is 0 Å². The maximum absolute atomic E-state index is 12.3. The molecule has 2 aliphatic rings. The molecular weight excluding hydrogens is 167 g/mol. The molecule has 1 nitrogen and oxygen atoms in total. The third kappa shape index (κ3) is 1.13. The molecule has 0 bridgehead atoms. The van der Waals surface area contributed by atoms with Crippen LogP contribution in [0, 0.1) is 11.8 Å². The normalized spacial score (nSPS) is 42.5. The monoisotopic (exact) mass is 179 g/mol. The van der Waals surface area contributed by atoms with Crippen molar-refractivity contribution in [2.24, 2.45) is 11.8 Å². The van der Waals surface area contributed by atoms with Crippen molar-refractivity contribution in [2.75, 3.05) is 13.6 Å². The quantitative estimate of drug-likeness (QED) is 0.549. The predicted octanol–water partition coefficient (Wildman–Crippen LogP) is 1.89. The van der Waals surface area contributed by atoms with Crippen molar-refractivity contribution >= 4 is 0 Å². The van der Waals surface area contributed by atoms with Crippen molar-refractivity contribution in [3.05, 3.63) is 0 Å². The first-order valence-electron chi connectivity index (χ1n) is 4.29. The summed E-state index contributed by atoms with van der Waals surface area (Å²) >= 11 is 0. The van der Waals surface area contributed by atoms with Gasteiger partial charge in [-0.3, -0.25) is 0 Å². The Kier molecular flexibility index (Phi) is 1.65. The first-order chi connectivity index (χ1) is 5.52. The van der Waals surface area contributed by atoms with Gasteiger partial charge in [-0.15, -0.1) is 0 Å². The molecule has 0 aromatic carbocycles. The summed E-state index contributed by atoms with van der Waals surface area (Å²) in [6.07, 6.45) is -2.28. The number of halogens is 3. The lowest BCUT2D eigenvalue weighted by molar-refractivity contribution is -0.153. The van der Waals surface area contributed by atoms with Crippen LogP contribution in [0.15, 0.2) is 0 Å². The van der Waals surface area contributed by atoms with Gasteiger partial charge in [0.15, 0.2) is 0 Å². The lowest BCUT2D eigenvalue weighted by atomic mass is 10.1. The minimum atomic E-state index is -3.96. The summed E-state index contributed by atoms with van der Waals surface area (Å²) in [5.74, 6) is -1.12. The average Bonchev–Trinajstić information content (AvgIpc) is 2.60. The van der Waals surface area contributed by atoms with E-state index in [-0.39, 0.29) is 12.0 Å². The zero-order valence-corrected chi connectivity index (χ0v) is 6.93. The number of rotatable bonds is 0. The molecule has 70 valence electrons. The number of alkyl halides is 3. The number of hydrogen-bond donors (Lipinski definition) is 0. The highest BCUT2D eigenvalue weighted by Crippen LogP contribution is 2.56. The van der Waals surface area contributed by atoms with Crippen molar-refractivity contribution in [1.82, 2.24) is 4.90 Å². The van der Waals surface area contributed by atoms with E-state index in [0.29, 0.717) is 0 Å². The van der Waals surface area contributed by atoms with E-state index in [1.54, 1.807) is 7.05 Å². The second kappa shape index (κ2) is 2.37. The van der Waals surface area contributed by atoms with E-state index in [2.05, 4.69) is 0 Å². The van der Waals surface area contributed by atoms with E-state index < -0.39 is 12.1 Å². The van der Waals surface area contributed by atoms with Crippen molar-refractivity contribution in [2.45, 2.75) is 25.1 Å². The molecular formula is C8H12F3N. The van der Waals surface area contributed by atoms with Crippen LogP contribution in [0.2, 0.25) is 0 Å². The van der Waals surface area contributed by atoms with Crippen LogP contribution in [0.1, 0.15) is 12.8 Å². The number of piperidine rings is 1. The molecule has 0 amide bonds. The SMILES string of the molecule is CN1CCCC2C1C2C(F)(F)F. The Hall–Kier alpha value is -0.250. The van der Waals surface area contributed by atoms with Gasteiger partial charge in [0.2, 0.25) is 0 Å². The summed E-state index contributed by atoms with van der Waals surface area (Å²) in [5, 5.41) is 0. The summed E-state index contributed by atoms with van der Waals surface area (Å²) in [4.78, 5) is 1.85. The van der Waals surface area contributed by atoms with Gasteiger partial charge in [0, 0.05) is 6.04 Å². The van der Waals surface area contributed by atoms with Gasteiger partial charge in [-0.1, -0.05) is 0 Å². The first-order valence-corrected chi connectivity index (χ1v) is 4.29. The zero-order chi connectivity index (χ0) is 8.93. The maximum atomic E-state index is 12.3. The molecule has 1 aliphatic carbocycles. The van der Waals surface area contributed by atoms with Crippen LogP contribution in [0.4, 0.5) is 13.2 Å².